The first kappa shape index (κ1) is 5.32. The van der Waals surface area contributed by atoms with E-state index in [4.69, 9.17) is 0 Å². The quantitative estimate of drug-likeness (QED) is 0.342. The Morgan fingerprint density at radius 3 is 2.33 bits per heavy atom. The maximum Gasteiger partial charge on any atom is 0.359 e. The van der Waals surface area contributed by atoms with Gasteiger partial charge in [0.15, 0.2) is 0 Å². The fourth-order valence-electron chi connectivity index (χ4n) is 0.0589. The van der Waals surface area contributed by atoms with Crippen molar-refractivity contribution in [3.8, 4) is 0 Å². The van der Waals surface area contributed by atoms with Crippen molar-refractivity contribution >= 4 is 6.29 Å². The van der Waals surface area contributed by atoms with Crippen LogP contribution >= 0.6 is 0 Å². The lowest BCUT2D eigenvalue weighted by Gasteiger charge is -1.56. The molecule has 0 aliphatic heterocycles. The van der Waals surface area contributed by atoms with E-state index in [0.717, 1.165) is 0 Å². The third-order valence-electron chi connectivity index (χ3n) is 0.594. The first-order valence-electron chi connectivity index (χ1n) is 1.82. The number of allylic oxidation sites excluding steroid dienone is 2. The van der Waals surface area contributed by atoms with E-state index in [0.29, 0.717) is 5.57 Å². The second-order valence-corrected chi connectivity index (χ2v) is 1.07. The van der Waals surface area contributed by atoms with Crippen LogP contribution in [0.5, 0.6) is 0 Å². The Bertz CT molecular complexity index is 72.0. The largest absolute Gasteiger partial charge is 0.359 e. The predicted octanol–water partition coefficient (Wildman–Crippen LogP) is 1.06. The minimum Gasteiger partial charge on any atom is -0.0966 e. The van der Waals surface area contributed by atoms with Crippen LogP contribution < -0.4 is 0 Å². The third kappa shape index (κ3) is 1.62. The van der Waals surface area contributed by atoms with Gasteiger partial charge >= 0.3 is 6.29 Å². The molecule has 0 spiro atoms. The Morgan fingerprint density at radius 1 is 1.83 bits per heavy atom. The molecule has 0 rings (SSSR count). The molecule has 0 amide bonds. The van der Waals surface area contributed by atoms with Gasteiger partial charge in [0.05, 0.1) is 6.08 Å². The van der Waals surface area contributed by atoms with Crippen molar-refractivity contribution in [2.24, 2.45) is 0 Å². The van der Waals surface area contributed by atoms with Gasteiger partial charge in [0, 0.05) is 13.8 Å². The summed E-state index contributed by atoms with van der Waals surface area (Å²) in [6.45, 7) is 3.52. The topological polar surface area (TPSA) is 17.1 Å². The molecule has 0 aliphatic carbocycles. The van der Waals surface area contributed by atoms with E-state index in [2.05, 4.69) is 0 Å². The van der Waals surface area contributed by atoms with Gasteiger partial charge in [0.25, 0.3) is 0 Å². The van der Waals surface area contributed by atoms with Crippen LogP contribution in [0.2, 0.25) is 0 Å². The van der Waals surface area contributed by atoms with Crippen LogP contribution in [0.15, 0.2) is 11.6 Å². The van der Waals surface area contributed by atoms with Gasteiger partial charge in [-0.3, -0.25) is 0 Å². The molecular formula is C5H7O+. The van der Waals surface area contributed by atoms with Gasteiger partial charge in [0.1, 0.15) is 0 Å². The average molecular weight is 83.1 g/mol. The second kappa shape index (κ2) is 2.55. The SMILES string of the molecule is C/C=C(/C)[C+]=O. The van der Waals surface area contributed by atoms with Crippen LogP contribution in [-0.2, 0) is 4.79 Å². The molecule has 0 unspecified atom stereocenters. The van der Waals surface area contributed by atoms with E-state index < -0.39 is 0 Å². The number of carbonyl (C=O) groups excluding carboxylic acids is 1. The summed E-state index contributed by atoms with van der Waals surface area (Å²) in [5.74, 6) is 0. The molecule has 0 aliphatic rings. The predicted molar refractivity (Wildman–Crippen MR) is 25.1 cm³/mol. The molecule has 1 nitrogen and oxygen atoms in total. The summed E-state index contributed by atoms with van der Waals surface area (Å²) in [6.07, 6.45) is 3.44. The zero-order valence-electron chi connectivity index (χ0n) is 3.99. The second-order valence-electron chi connectivity index (χ2n) is 1.07. The monoisotopic (exact) mass is 83.0 g/mol. The van der Waals surface area contributed by atoms with Gasteiger partial charge in [-0.1, -0.05) is 4.79 Å². The Hall–Kier alpha value is -0.680. The molecule has 0 atom stereocenters. The highest BCUT2D eigenvalue weighted by Crippen LogP contribution is 1.80. The van der Waals surface area contributed by atoms with Gasteiger partial charge in [-0.15, -0.1) is 0 Å². The molecule has 0 aromatic rings. The summed E-state index contributed by atoms with van der Waals surface area (Å²) in [6, 6.07) is 0. The molecule has 32 valence electrons. The smallest absolute Gasteiger partial charge is 0.0966 e. The van der Waals surface area contributed by atoms with Crippen molar-refractivity contribution in [1.29, 1.82) is 0 Å². The lowest BCUT2D eigenvalue weighted by molar-refractivity contribution is 0.561. The Labute approximate surface area is 37.7 Å². The van der Waals surface area contributed by atoms with Crippen molar-refractivity contribution in [2.45, 2.75) is 13.8 Å². The average Bonchev–Trinajstić information content (AvgIpc) is 1.65. The molecule has 0 saturated heterocycles. The maximum absolute atomic E-state index is 9.54. The van der Waals surface area contributed by atoms with Crippen molar-refractivity contribution in [1.82, 2.24) is 0 Å². The first-order chi connectivity index (χ1) is 2.81. The molecule has 0 heterocycles. The van der Waals surface area contributed by atoms with E-state index in [-0.39, 0.29) is 0 Å². The van der Waals surface area contributed by atoms with Crippen molar-refractivity contribution in [3.63, 3.8) is 0 Å². The Balaban J connectivity index is 3.50. The minimum atomic E-state index is 0.662. The van der Waals surface area contributed by atoms with Crippen LogP contribution in [0.1, 0.15) is 13.8 Å². The lowest BCUT2D eigenvalue weighted by Crippen LogP contribution is -1.69. The molecular weight excluding hydrogens is 76.1 g/mol. The summed E-state index contributed by atoms with van der Waals surface area (Å²) in [5, 5.41) is 0. The van der Waals surface area contributed by atoms with Crippen LogP contribution in [-0.4, -0.2) is 6.29 Å². The standard InChI is InChI=1S/C5H7O/c1-3-5(2)4-6/h3H,1-2H3/q+1/b5-3-. The van der Waals surface area contributed by atoms with E-state index in [1.54, 1.807) is 26.2 Å². The normalized spacial score (nSPS) is 10.7. The lowest BCUT2D eigenvalue weighted by atomic mass is 10.3. The van der Waals surface area contributed by atoms with Crippen molar-refractivity contribution in [2.75, 3.05) is 0 Å². The molecule has 0 bridgehead atoms. The van der Waals surface area contributed by atoms with Gasteiger partial charge in [-0.25, -0.2) is 0 Å². The molecule has 1 heteroatoms. The molecule has 0 saturated carbocycles. The highest BCUT2D eigenvalue weighted by atomic mass is 16.1. The number of hydrogen-bond donors (Lipinski definition) is 0. The van der Waals surface area contributed by atoms with Crippen LogP contribution in [0.4, 0.5) is 0 Å². The third-order valence-corrected chi connectivity index (χ3v) is 0.594. The Kier molecular flexibility index (Phi) is 2.26. The maximum atomic E-state index is 9.54. The fraction of sp³-hybridized carbons (Fsp3) is 0.400. The van der Waals surface area contributed by atoms with Gasteiger partial charge < -0.3 is 0 Å². The zero-order chi connectivity index (χ0) is 4.99. The van der Waals surface area contributed by atoms with E-state index in [9.17, 15) is 4.79 Å². The molecule has 0 aromatic heterocycles. The first-order valence-corrected chi connectivity index (χ1v) is 1.82. The summed E-state index contributed by atoms with van der Waals surface area (Å²) >= 11 is 0. The van der Waals surface area contributed by atoms with Crippen LogP contribution in [0.25, 0.3) is 0 Å². The summed E-state index contributed by atoms with van der Waals surface area (Å²) in [7, 11) is 0. The molecule has 0 radical (unpaired) electrons. The minimum absolute atomic E-state index is 0.662. The molecule has 6 heavy (non-hydrogen) atoms. The fourth-order valence-corrected chi connectivity index (χ4v) is 0.0589. The molecule has 0 fully saturated rings. The Morgan fingerprint density at radius 2 is 2.33 bits per heavy atom. The highest BCUT2D eigenvalue weighted by molar-refractivity contribution is 5.72. The summed E-state index contributed by atoms with van der Waals surface area (Å²) < 4.78 is 0. The van der Waals surface area contributed by atoms with E-state index in [1.807, 2.05) is 0 Å². The number of hydrogen-bond acceptors (Lipinski definition) is 1. The highest BCUT2D eigenvalue weighted by Gasteiger charge is 1.90. The van der Waals surface area contributed by atoms with Crippen molar-refractivity contribution in [3.05, 3.63) is 11.6 Å². The van der Waals surface area contributed by atoms with Crippen LogP contribution in [0, 0.1) is 0 Å². The number of rotatable bonds is 1. The van der Waals surface area contributed by atoms with E-state index >= 15 is 0 Å². The molecule has 0 aromatic carbocycles. The van der Waals surface area contributed by atoms with Crippen LogP contribution in [0.3, 0.4) is 0 Å². The summed E-state index contributed by atoms with van der Waals surface area (Å²) in [5.41, 5.74) is 0.662. The van der Waals surface area contributed by atoms with Gasteiger partial charge in [-0.2, -0.15) is 0 Å². The summed E-state index contributed by atoms with van der Waals surface area (Å²) in [4.78, 5) is 9.54. The zero-order valence-corrected chi connectivity index (χ0v) is 3.99. The van der Waals surface area contributed by atoms with Crippen molar-refractivity contribution < 1.29 is 4.79 Å². The molecule has 0 N–H and O–H groups in total. The van der Waals surface area contributed by atoms with Gasteiger partial charge in [0.2, 0.25) is 5.57 Å². The van der Waals surface area contributed by atoms with E-state index in [1.165, 1.54) is 0 Å². The van der Waals surface area contributed by atoms with Gasteiger partial charge in [-0.05, 0) is 0 Å².